The van der Waals surface area contributed by atoms with E-state index in [-0.39, 0.29) is 17.3 Å². The summed E-state index contributed by atoms with van der Waals surface area (Å²) in [6, 6.07) is 1.04. The Bertz CT molecular complexity index is 423. The lowest BCUT2D eigenvalue weighted by Crippen LogP contribution is -2.08. The number of hydrogen-bond acceptors (Lipinski definition) is 4. The summed E-state index contributed by atoms with van der Waals surface area (Å²) in [6.07, 6.45) is -3.42. The zero-order valence-corrected chi connectivity index (χ0v) is 9.24. The standard InChI is InChI=1S/C10H11F2NO4/c1-16-7-3-5(9(11)12)6(4-8(14)15)13-10(7)17-2/h3,9H,4H2,1-2H3,(H,14,15). The van der Waals surface area contributed by atoms with Gasteiger partial charge in [-0.05, 0) is 6.07 Å². The number of rotatable bonds is 5. The highest BCUT2D eigenvalue weighted by Crippen LogP contribution is 2.32. The summed E-state index contributed by atoms with van der Waals surface area (Å²) in [5.41, 5.74) is -0.699. The van der Waals surface area contributed by atoms with Gasteiger partial charge in [0, 0.05) is 5.56 Å². The van der Waals surface area contributed by atoms with Crippen LogP contribution in [-0.2, 0) is 11.2 Å². The summed E-state index contributed by atoms with van der Waals surface area (Å²) in [6.45, 7) is 0. The highest BCUT2D eigenvalue weighted by Gasteiger charge is 2.21. The van der Waals surface area contributed by atoms with Crippen molar-refractivity contribution in [1.82, 2.24) is 4.98 Å². The number of carboxylic acids is 1. The number of ether oxygens (including phenoxy) is 2. The minimum atomic E-state index is -2.82. The highest BCUT2D eigenvalue weighted by molar-refractivity contribution is 5.70. The number of carboxylic acid groups (broad SMARTS) is 1. The van der Waals surface area contributed by atoms with E-state index in [4.69, 9.17) is 14.6 Å². The lowest BCUT2D eigenvalue weighted by atomic mass is 10.1. The first-order valence-corrected chi connectivity index (χ1v) is 4.61. The van der Waals surface area contributed by atoms with Gasteiger partial charge in [0.2, 0.25) is 0 Å². The van der Waals surface area contributed by atoms with Gasteiger partial charge in [-0.1, -0.05) is 0 Å². The molecule has 0 amide bonds. The van der Waals surface area contributed by atoms with Crippen LogP contribution in [0.3, 0.4) is 0 Å². The van der Waals surface area contributed by atoms with Gasteiger partial charge in [-0.25, -0.2) is 13.8 Å². The van der Waals surface area contributed by atoms with Crippen molar-refractivity contribution in [2.45, 2.75) is 12.8 Å². The Morgan fingerprint density at radius 1 is 1.47 bits per heavy atom. The maximum atomic E-state index is 12.7. The van der Waals surface area contributed by atoms with Gasteiger partial charge < -0.3 is 14.6 Å². The van der Waals surface area contributed by atoms with Crippen LogP contribution in [-0.4, -0.2) is 30.3 Å². The third-order valence-corrected chi connectivity index (χ3v) is 2.03. The van der Waals surface area contributed by atoms with Gasteiger partial charge in [0.05, 0.1) is 26.3 Å². The number of aromatic nitrogens is 1. The second-order valence-corrected chi connectivity index (χ2v) is 3.11. The minimum Gasteiger partial charge on any atom is -0.491 e. The molecule has 1 heterocycles. The third kappa shape index (κ3) is 3.02. The van der Waals surface area contributed by atoms with E-state index < -0.39 is 24.4 Å². The van der Waals surface area contributed by atoms with Crippen molar-refractivity contribution in [1.29, 1.82) is 0 Å². The zero-order chi connectivity index (χ0) is 13.0. The Kier molecular flexibility index (Phi) is 4.19. The van der Waals surface area contributed by atoms with E-state index in [0.29, 0.717) is 0 Å². The van der Waals surface area contributed by atoms with Crippen LogP contribution in [0.2, 0.25) is 0 Å². The molecule has 0 bridgehead atoms. The van der Waals surface area contributed by atoms with Crippen molar-refractivity contribution < 1.29 is 28.2 Å². The molecule has 1 rings (SSSR count). The van der Waals surface area contributed by atoms with E-state index in [1.165, 1.54) is 14.2 Å². The molecule has 0 aliphatic heterocycles. The smallest absolute Gasteiger partial charge is 0.309 e. The molecule has 0 aromatic carbocycles. The SMILES string of the molecule is COc1cc(C(F)F)c(CC(=O)O)nc1OC. The molecule has 5 nitrogen and oxygen atoms in total. The Morgan fingerprint density at radius 3 is 2.53 bits per heavy atom. The molecule has 0 spiro atoms. The van der Waals surface area contributed by atoms with Crippen molar-refractivity contribution in [3.63, 3.8) is 0 Å². The van der Waals surface area contributed by atoms with E-state index in [1.54, 1.807) is 0 Å². The highest BCUT2D eigenvalue weighted by atomic mass is 19.3. The lowest BCUT2D eigenvalue weighted by molar-refractivity contribution is -0.136. The quantitative estimate of drug-likeness (QED) is 0.857. The number of methoxy groups -OCH3 is 2. The van der Waals surface area contributed by atoms with E-state index in [1.807, 2.05) is 0 Å². The van der Waals surface area contributed by atoms with E-state index >= 15 is 0 Å². The molecule has 7 heteroatoms. The zero-order valence-electron chi connectivity index (χ0n) is 9.24. The molecular weight excluding hydrogens is 236 g/mol. The van der Waals surface area contributed by atoms with Gasteiger partial charge in [0.25, 0.3) is 12.3 Å². The van der Waals surface area contributed by atoms with Crippen LogP contribution in [0, 0.1) is 0 Å². The van der Waals surface area contributed by atoms with Crippen LogP contribution < -0.4 is 9.47 Å². The molecule has 0 radical (unpaired) electrons. The number of carbonyl (C=O) groups is 1. The molecule has 0 atom stereocenters. The van der Waals surface area contributed by atoms with Crippen molar-refractivity contribution >= 4 is 5.97 Å². The Morgan fingerprint density at radius 2 is 2.12 bits per heavy atom. The van der Waals surface area contributed by atoms with Gasteiger partial charge in [-0.3, -0.25) is 4.79 Å². The first-order chi connectivity index (χ1) is 7.99. The normalized spacial score (nSPS) is 10.4. The first kappa shape index (κ1) is 13.1. The predicted molar refractivity (Wildman–Crippen MR) is 53.6 cm³/mol. The van der Waals surface area contributed by atoms with Crippen LogP contribution in [0.25, 0.3) is 0 Å². The molecule has 0 aliphatic rings. The Labute approximate surface area is 96.0 Å². The average Bonchev–Trinajstić information content (AvgIpc) is 2.27. The fourth-order valence-corrected chi connectivity index (χ4v) is 1.29. The molecule has 0 saturated carbocycles. The molecule has 94 valence electrons. The maximum Gasteiger partial charge on any atom is 0.309 e. The topological polar surface area (TPSA) is 68.7 Å². The van der Waals surface area contributed by atoms with E-state index in [9.17, 15) is 13.6 Å². The average molecular weight is 247 g/mol. The van der Waals surface area contributed by atoms with Gasteiger partial charge in [-0.2, -0.15) is 0 Å². The monoisotopic (exact) mass is 247 g/mol. The fraction of sp³-hybridized carbons (Fsp3) is 0.400. The Balaban J connectivity index is 3.29. The fourth-order valence-electron chi connectivity index (χ4n) is 1.29. The molecule has 0 aliphatic carbocycles. The lowest BCUT2D eigenvalue weighted by Gasteiger charge is -2.12. The number of aliphatic carboxylic acids is 1. The van der Waals surface area contributed by atoms with Gasteiger partial charge in [0.1, 0.15) is 0 Å². The van der Waals surface area contributed by atoms with Crippen molar-refractivity contribution in [3.8, 4) is 11.6 Å². The van der Waals surface area contributed by atoms with Crippen molar-refractivity contribution in [2.24, 2.45) is 0 Å². The van der Waals surface area contributed by atoms with Gasteiger partial charge in [0.15, 0.2) is 5.75 Å². The van der Waals surface area contributed by atoms with Crippen LogP contribution in [0.15, 0.2) is 6.07 Å². The maximum absolute atomic E-state index is 12.7. The van der Waals surface area contributed by atoms with Crippen molar-refractivity contribution in [3.05, 3.63) is 17.3 Å². The summed E-state index contributed by atoms with van der Waals surface area (Å²) in [5, 5.41) is 8.61. The summed E-state index contributed by atoms with van der Waals surface area (Å²) >= 11 is 0. The molecule has 1 N–H and O–H groups in total. The molecule has 0 unspecified atom stereocenters. The summed E-state index contributed by atoms with van der Waals surface area (Å²) in [5.74, 6) is -1.23. The molecule has 1 aromatic rings. The van der Waals surface area contributed by atoms with Gasteiger partial charge in [-0.15, -0.1) is 0 Å². The molecule has 17 heavy (non-hydrogen) atoms. The summed E-state index contributed by atoms with van der Waals surface area (Å²) in [7, 11) is 2.57. The number of pyridine rings is 1. The second kappa shape index (κ2) is 5.42. The minimum absolute atomic E-state index is 0.0202. The van der Waals surface area contributed by atoms with Crippen LogP contribution in [0.5, 0.6) is 11.6 Å². The van der Waals surface area contributed by atoms with Crippen LogP contribution in [0.4, 0.5) is 8.78 Å². The molecule has 0 fully saturated rings. The van der Waals surface area contributed by atoms with E-state index in [2.05, 4.69) is 4.98 Å². The second-order valence-electron chi connectivity index (χ2n) is 3.11. The van der Waals surface area contributed by atoms with Crippen LogP contribution >= 0.6 is 0 Å². The van der Waals surface area contributed by atoms with Gasteiger partial charge >= 0.3 is 5.97 Å². The predicted octanol–water partition coefficient (Wildman–Crippen LogP) is 1.66. The largest absolute Gasteiger partial charge is 0.491 e. The van der Waals surface area contributed by atoms with E-state index in [0.717, 1.165) is 6.07 Å². The Hall–Kier alpha value is -1.92. The van der Waals surface area contributed by atoms with Crippen LogP contribution in [0.1, 0.15) is 17.7 Å². The number of alkyl halides is 2. The molecular formula is C10H11F2NO4. The summed E-state index contributed by atoms with van der Waals surface area (Å²) < 4.78 is 35.0. The molecule has 0 saturated heterocycles. The number of nitrogens with zero attached hydrogens (tertiary/aromatic N) is 1. The summed E-state index contributed by atoms with van der Waals surface area (Å²) in [4.78, 5) is 14.3. The number of halogens is 2. The third-order valence-electron chi connectivity index (χ3n) is 2.03. The van der Waals surface area contributed by atoms with Crippen molar-refractivity contribution in [2.75, 3.05) is 14.2 Å². The first-order valence-electron chi connectivity index (χ1n) is 4.61. The number of hydrogen-bond donors (Lipinski definition) is 1. The molecule has 1 aromatic heterocycles.